The Morgan fingerprint density at radius 1 is 0.951 bits per heavy atom. The van der Waals surface area contributed by atoms with E-state index in [1.807, 2.05) is 36.5 Å². The molecule has 9 heteroatoms. The number of ether oxygens (including phenoxy) is 3. The first-order chi connectivity index (χ1) is 20.0. The van der Waals surface area contributed by atoms with Gasteiger partial charge in [0.1, 0.15) is 28.5 Å². The first-order valence-electron chi connectivity index (χ1n) is 13.1. The van der Waals surface area contributed by atoms with Gasteiger partial charge in [-0.25, -0.2) is 4.98 Å². The molecule has 1 amide bonds. The van der Waals surface area contributed by atoms with E-state index >= 15 is 0 Å². The van der Waals surface area contributed by atoms with Gasteiger partial charge in [-0.2, -0.15) is 0 Å². The Morgan fingerprint density at radius 3 is 2.56 bits per heavy atom. The second-order valence-electron chi connectivity index (χ2n) is 9.71. The largest absolute Gasteiger partial charge is 0.497 e. The van der Waals surface area contributed by atoms with Crippen LogP contribution in [0.4, 0.5) is 0 Å². The van der Waals surface area contributed by atoms with Gasteiger partial charge >= 0.3 is 0 Å². The number of fused-ring (bicyclic) bond motifs is 3. The van der Waals surface area contributed by atoms with Gasteiger partial charge in [0.05, 0.1) is 50.4 Å². The van der Waals surface area contributed by atoms with Gasteiger partial charge in [-0.15, -0.1) is 0 Å². The summed E-state index contributed by atoms with van der Waals surface area (Å²) in [6.07, 6.45) is 2.37. The van der Waals surface area contributed by atoms with E-state index in [9.17, 15) is 9.90 Å². The van der Waals surface area contributed by atoms with E-state index in [0.29, 0.717) is 57.2 Å². The van der Waals surface area contributed by atoms with Gasteiger partial charge in [0, 0.05) is 34.6 Å². The number of aliphatic hydroxyl groups is 1. The first kappa shape index (κ1) is 26.2. The van der Waals surface area contributed by atoms with Gasteiger partial charge < -0.3 is 34.0 Å². The minimum atomic E-state index is -0.512. The number of methoxy groups -OCH3 is 3. The first-order valence-corrected chi connectivity index (χ1v) is 13.1. The third-order valence-corrected chi connectivity index (χ3v) is 7.24. The summed E-state index contributed by atoms with van der Waals surface area (Å²) >= 11 is 0. The molecular formula is C32H29N3O6. The van der Waals surface area contributed by atoms with Crippen LogP contribution in [0.25, 0.3) is 44.2 Å². The number of H-pyrrole nitrogens is 1. The van der Waals surface area contributed by atoms with Gasteiger partial charge in [0.15, 0.2) is 5.76 Å². The number of carbonyl (C=O) groups is 1. The molecule has 0 saturated heterocycles. The van der Waals surface area contributed by atoms with Crippen LogP contribution in [0.3, 0.4) is 0 Å². The third-order valence-electron chi connectivity index (χ3n) is 7.24. The Balaban J connectivity index is 1.40. The molecule has 0 aliphatic rings. The summed E-state index contributed by atoms with van der Waals surface area (Å²) in [7, 11) is 4.73. The molecule has 0 aliphatic heterocycles. The molecule has 0 bridgehead atoms. The van der Waals surface area contributed by atoms with E-state index in [1.165, 1.54) is 0 Å². The van der Waals surface area contributed by atoms with Crippen molar-refractivity contribution in [1.29, 1.82) is 0 Å². The van der Waals surface area contributed by atoms with Crippen molar-refractivity contribution in [3.8, 4) is 28.7 Å². The lowest BCUT2D eigenvalue weighted by molar-refractivity contribution is 0.0918. The predicted octanol–water partition coefficient (Wildman–Crippen LogP) is 5.49. The van der Waals surface area contributed by atoms with Crippen LogP contribution in [0.5, 0.6) is 17.2 Å². The average Bonchev–Trinajstić information content (AvgIpc) is 3.63. The summed E-state index contributed by atoms with van der Waals surface area (Å²) in [4.78, 5) is 21.8. The highest BCUT2D eigenvalue weighted by Crippen LogP contribution is 2.37. The zero-order valence-electron chi connectivity index (χ0n) is 22.9. The molecule has 6 rings (SSSR count). The number of para-hydroxylation sites is 1. The number of nitrogens with zero attached hydrogens (tertiary/aromatic N) is 1. The normalized spacial score (nSPS) is 12.1. The van der Waals surface area contributed by atoms with E-state index < -0.39 is 6.04 Å². The quantitative estimate of drug-likeness (QED) is 0.217. The lowest BCUT2D eigenvalue weighted by atomic mass is 10.0. The minimum Gasteiger partial charge on any atom is -0.497 e. The molecule has 3 N–H and O–H groups in total. The van der Waals surface area contributed by atoms with Crippen molar-refractivity contribution >= 4 is 38.7 Å². The van der Waals surface area contributed by atoms with Crippen LogP contribution in [0, 0.1) is 0 Å². The molecular weight excluding hydrogens is 522 g/mol. The Morgan fingerprint density at radius 2 is 1.78 bits per heavy atom. The van der Waals surface area contributed by atoms with Crippen LogP contribution in [-0.2, 0) is 6.42 Å². The van der Waals surface area contributed by atoms with Gasteiger partial charge in [0.2, 0.25) is 0 Å². The molecule has 6 aromatic rings. The van der Waals surface area contributed by atoms with Gasteiger partial charge in [0.25, 0.3) is 5.91 Å². The van der Waals surface area contributed by atoms with Crippen LogP contribution in [0.15, 0.2) is 77.3 Å². The minimum absolute atomic E-state index is 0.227. The summed E-state index contributed by atoms with van der Waals surface area (Å²) in [5, 5.41) is 15.6. The van der Waals surface area contributed by atoms with Crippen molar-refractivity contribution in [3.63, 3.8) is 0 Å². The van der Waals surface area contributed by atoms with Crippen molar-refractivity contribution in [2.45, 2.75) is 12.5 Å². The number of rotatable bonds is 9. The molecule has 0 spiro atoms. The molecule has 208 valence electrons. The summed E-state index contributed by atoms with van der Waals surface area (Å²) in [6.45, 7) is -0.227. The summed E-state index contributed by atoms with van der Waals surface area (Å²) in [6, 6.07) is 19.9. The van der Waals surface area contributed by atoms with E-state index in [4.69, 9.17) is 23.6 Å². The average molecular weight is 552 g/mol. The maximum absolute atomic E-state index is 13.8. The SMILES string of the molecule is COc1cc(OC)c2cc(-c3cc(C(=O)N[C@@H](CO)Cc4c[nH]c5ccccc45)c4cc(OC)ccc4n3)oc2c1. The molecule has 3 aromatic carbocycles. The molecule has 9 nitrogen and oxygen atoms in total. The number of nitrogens with one attached hydrogen (secondary N) is 2. The van der Waals surface area contributed by atoms with Crippen LogP contribution in [-0.4, -0.2) is 55.0 Å². The van der Waals surface area contributed by atoms with E-state index in [2.05, 4.69) is 10.3 Å². The fourth-order valence-electron chi connectivity index (χ4n) is 5.13. The number of hydrogen-bond acceptors (Lipinski definition) is 7. The number of aromatic amines is 1. The van der Waals surface area contributed by atoms with E-state index in [0.717, 1.165) is 21.9 Å². The molecule has 1 atom stereocenters. The molecule has 0 radical (unpaired) electrons. The van der Waals surface area contributed by atoms with Gasteiger partial charge in [-0.1, -0.05) is 18.2 Å². The number of pyridine rings is 1. The number of furan rings is 1. The number of aromatic nitrogens is 2. The molecule has 41 heavy (non-hydrogen) atoms. The Labute approximate surface area is 235 Å². The topological polar surface area (TPSA) is 119 Å². The smallest absolute Gasteiger partial charge is 0.252 e. The molecule has 3 aromatic heterocycles. The fraction of sp³-hybridized carbons (Fsp3) is 0.188. The fourth-order valence-corrected chi connectivity index (χ4v) is 5.13. The predicted molar refractivity (Wildman–Crippen MR) is 157 cm³/mol. The Kier molecular flexibility index (Phi) is 6.94. The monoisotopic (exact) mass is 551 g/mol. The van der Waals surface area contributed by atoms with Crippen molar-refractivity contribution in [2.24, 2.45) is 0 Å². The van der Waals surface area contributed by atoms with E-state index in [-0.39, 0.29) is 12.5 Å². The van der Waals surface area contributed by atoms with Crippen molar-refractivity contribution in [3.05, 3.63) is 84.1 Å². The molecule has 0 fully saturated rings. The van der Waals surface area contributed by atoms with E-state index in [1.54, 1.807) is 57.7 Å². The lowest BCUT2D eigenvalue weighted by Crippen LogP contribution is -2.39. The number of aliphatic hydroxyl groups excluding tert-OH is 1. The number of benzene rings is 3. The summed E-state index contributed by atoms with van der Waals surface area (Å²) in [5.41, 5.74) is 4.03. The van der Waals surface area contributed by atoms with Gasteiger partial charge in [-0.3, -0.25) is 4.79 Å². The Bertz CT molecular complexity index is 1890. The number of carbonyl (C=O) groups excluding carboxylic acids is 1. The third kappa shape index (κ3) is 4.92. The van der Waals surface area contributed by atoms with Crippen LogP contribution in [0.2, 0.25) is 0 Å². The highest BCUT2D eigenvalue weighted by Gasteiger charge is 2.21. The number of hydrogen-bond donors (Lipinski definition) is 3. The molecule has 3 heterocycles. The number of amides is 1. The van der Waals surface area contributed by atoms with Crippen molar-refractivity contribution < 1.29 is 28.5 Å². The second-order valence-corrected chi connectivity index (χ2v) is 9.71. The van der Waals surface area contributed by atoms with Gasteiger partial charge in [-0.05, 0) is 48.4 Å². The summed E-state index contributed by atoms with van der Waals surface area (Å²) < 4.78 is 22.5. The van der Waals surface area contributed by atoms with Crippen molar-refractivity contribution in [1.82, 2.24) is 15.3 Å². The standard InChI is InChI=1S/C32H29N3O6/c1-38-20-8-9-27-23(11-20)24(32(37)34-19(17-36)10-18-16-33-26-7-5-4-6-22(18)26)14-28(35-27)31-15-25-29(40-3)12-21(39-2)13-30(25)41-31/h4-9,11-16,19,33,36H,10,17H2,1-3H3,(H,34,37)/t19-/m1/s1. The highest BCUT2D eigenvalue weighted by atomic mass is 16.5. The Hall–Kier alpha value is -5.02. The van der Waals surface area contributed by atoms with Crippen LogP contribution >= 0.6 is 0 Å². The zero-order valence-corrected chi connectivity index (χ0v) is 22.9. The zero-order chi connectivity index (χ0) is 28.5. The maximum atomic E-state index is 13.8. The summed E-state index contributed by atoms with van der Waals surface area (Å²) in [5.74, 6) is 1.91. The van der Waals surface area contributed by atoms with Crippen molar-refractivity contribution in [2.75, 3.05) is 27.9 Å². The second kappa shape index (κ2) is 10.9. The molecule has 0 saturated carbocycles. The van der Waals surface area contributed by atoms with Crippen LogP contribution < -0.4 is 19.5 Å². The molecule has 0 aliphatic carbocycles. The molecule has 0 unspecified atom stereocenters. The highest BCUT2D eigenvalue weighted by molar-refractivity contribution is 6.07. The lowest BCUT2D eigenvalue weighted by Gasteiger charge is -2.17. The van der Waals surface area contributed by atoms with Crippen LogP contribution in [0.1, 0.15) is 15.9 Å². The maximum Gasteiger partial charge on any atom is 0.252 e.